The standard InChI is InChI=1S/C11H6BrClO/c12-9-3-1-2-7-4-5-8(6-14)11(13)10(7)9/h1-6H. The van der Waals surface area contributed by atoms with Crippen LogP contribution in [0, 0.1) is 0 Å². The quantitative estimate of drug-likeness (QED) is 0.713. The smallest absolute Gasteiger partial charge is 0.151 e. The second-order valence-electron chi connectivity index (χ2n) is 2.92. The van der Waals surface area contributed by atoms with Gasteiger partial charge in [-0.1, -0.05) is 45.7 Å². The number of halogens is 2. The number of carbonyl (C=O) groups is 1. The summed E-state index contributed by atoms with van der Waals surface area (Å²) >= 11 is 9.50. The highest BCUT2D eigenvalue weighted by Gasteiger charge is 2.06. The Kier molecular flexibility index (Phi) is 2.57. The van der Waals surface area contributed by atoms with Gasteiger partial charge >= 0.3 is 0 Å². The molecule has 1 nitrogen and oxygen atoms in total. The maximum atomic E-state index is 10.7. The molecule has 2 aromatic carbocycles. The van der Waals surface area contributed by atoms with Gasteiger partial charge in [0.25, 0.3) is 0 Å². The Morgan fingerprint density at radius 1 is 1.21 bits per heavy atom. The lowest BCUT2D eigenvalue weighted by Gasteiger charge is -2.04. The molecule has 2 aromatic rings. The van der Waals surface area contributed by atoms with Gasteiger partial charge in [-0.3, -0.25) is 4.79 Å². The van der Waals surface area contributed by atoms with Gasteiger partial charge in [0.05, 0.1) is 5.02 Å². The first-order valence-electron chi connectivity index (χ1n) is 4.06. The minimum absolute atomic E-state index is 0.505. The fourth-order valence-corrected chi connectivity index (χ4v) is 2.41. The maximum Gasteiger partial charge on any atom is 0.151 e. The molecule has 0 unspecified atom stereocenters. The summed E-state index contributed by atoms with van der Waals surface area (Å²) in [6.07, 6.45) is 0.765. The van der Waals surface area contributed by atoms with E-state index in [-0.39, 0.29) is 0 Å². The van der Waals surface area contributed by atoms with Crippen molar-refractivity contribution in [2.75, 3.05) is 0 Å². The summed E-state index contributed by atoms with van der Waals surface area (Å²) in [6.45, 7) is 0. The third-order valence-corrected chi connectivity index (χ3v) is 3.16. The van der Waals surface area contributed by atoms with Crippen molar-refractivity contribution in [1.29, 1.82) is 0 Å². The topological polar surface area (TPSA) is 17.1 Å². The molecule has 0 bridgehead atoms. The Labute approximate surface area is 94.8 Å². The monoisotopic (exact) mass is 268 g/mol. The molecule has 0 amide bonds. The van der Waals surface area contributed by atoms with Crippen molar-refractivity contribution in [3.8, 4) is 0 Å². The molecule has 0 aliphatic heterocycles. The molecule has 0 saturated heterocycles. The van der Waals surface area contributed by atoms with Crippen molar-refractivity contribution in [3.63, 3.8) is 0 Å². The van der Waals surface area contributed by atoms with E-state index in [1.54, 1.807) is 6.07 Å². The zero-order valence-corrected chi connectivity index (χ0v) is 9.47. The molecule has 0 radical (unpaired) electrons. The molecule has 0 heterocycles. The van der Waals surface area contributed by atoms with Crippen LogP contribution in [0.4, 0.5) is 0 Å². The lowest BCUT2D eigenvalue weighted by atomic mass is 10.1. The molecule has 0 aliphatic rings. The summed E-state index contributed by atoms with van der Waals surface area (Å²) in [6, 6.07) is 9.41. The third kappa shape index (κ3) is 1.45. The zero-order valence-electron chi connectivity index (χ0n) is 7.13. The van der Waals surface area contributed by atoms with Crippen molar-refractivity contribution in [2.24, 2.45) is 0 Å². The number of fused-ring (bicyclic) bond motifs is 1. The van der Waals surface area contributed by atoms with Gasteiger partial charge < -0.3 is 0 Å². The van der Waals surface area contributed by atoms with Crippen LogP contribution >= 0.6 is 27.5 Å². The van der Waals surface area contributed by atoms with E-state index < -0.39 is 0 Å². The molecule has 0 spiro atoms. The molecule has 0 N–H and O–H groups in total. The third-order valence-electron chi connectivity index (χ3n) is 2.09. The van der Waals surface area contributed by atoms with E-state index in [9.17, 15) is 4.79 Å². The summed E-state index contributed by atoms with van der Waals surface area (Å²) in [5.41, 5.74) is 0.520. The summed E-state index contributed by atoms with van der Waals surface area (Å²) in [5.74, 6) is 0. The number of aldehydes is 1. The first kappa shape index (κ1) is 9.69. The van der Waals surface area contributed by atoms with Crippen molar-refractivity contribution >= 4 is 44.6 Å². The lowest BCUT2D eigenvalue weighted by Crippen LogP contribution is -1.84. The van der Waals surface area contributed by atoms with Gasteiger partial charge in [0.15, 0.2) is 6.29 Å². The normalized spacial score (nSPS) is 10.4. The van der Waals surface area contributed by atoms with Gasteiger partial charge in [-0.05, 0) is 17.5 Å². The average molecular weight is 270 g/mol. The van der Waals surface area contributed by atoms with E-state index in [0.717, 1.165) is 21.5 Å². The molecule has 0 fully saturated rings. The van der Waals surface area contributed by atoms with E-state index in [0.29, 0.717) is 10.6 Å². The first-order valence-corrected chi connectivity index (χ1v) is 5.23. The molecule has 0 aromatic heterocycles. The molecule has 70 valence electrons. The highest BCUT2D eigenvalue weighted by Crippen LogP contribution is 2.32. The summed E-state index contributed by atoms with van der Waals surface area (Å²) in [5, 5.41) is 2.42. The maximum absolute atomic E-state index is 10.7. The molecule has 0 atom stereocenters. The van der Waals surface area contributed by atoms with Crippen molar-refractivity contribution < 1.29 is 4.79 Å². The zero-order chi connectivity index (χ0) is 10.1. The molecular weight excluding hydrogens is 263 g/mol. The summed E-state index contributed by atoms with van der Waals surface area (Å²) in [4.78, 5) is 10.7. The Hall–Kier alpha value is -0.860. The number of rotatable bonds is 1. The highest BCUT2D eigenvalue weighted by atomic mass is 79.9. The van der Waals surface area contributed by atoms with Crippen molar-refractivity contribution in [1.82, 2.24) is 0 Å². The van der Waals surface area contributed by atoms with E-state index in [1.165, 1.54) is 0 Å². The van der Waals surface area contributed by atoms with E-state index in [1.807, 2.05) is 24.3 Å². The van der Waals surface area contributed by atoms with E-state index >= 15 is 0 Å². The van der Waals surface area contributed by atoms with Crippen LogP contribution in [-0.2, 0) is 0 Å². The Morgan fingerprint density at radius 3 is 2.71 bits per heavy atom. The minimum Gasteiger partial charge on any atom is -0.298 e. The summed E-state index contributed by atoms with van der Waals surface area (Å²) in [7, 11) is 0. The number of carbonyl (C=O) groups excluding carboxylic acids is 1. The average Bonchev–Trinajstić information content (AvgIpc) is 2.18. The van der Waals surface area contributed by atoms with Crippen LogP contribution in [0.2, 0.25) is 5.02 Å². The predicted octanol–water partition coefficient (Wildman–Crippen LogP) is 4.07. The van der Waals surface area contributed by atoms with Gasteiger partial charge in [-0.15, -0.1) is 0 Å². The van der Waals surface area contributed by atoms with Crippen molar-refractivity contribution in [2.45, 2.75) is 0 Å². The van der Waals surface area contributed by atoms with Gasteiger partial charge in [-0.2, -0.15) is 0 Å². The SMILES string of the molecule is O=Cc1ccc2cccc(Br)c2c1Cl. The van der Waals surface area contributed by atoms with E-state index in [2.05, 4.69) is 15.9 Å². The summed E-state index contributed by atoms with van der Waals surface area (Å²) < 4.78 is 0.906. The predicted molar refractivity (Wildman–Crippen MR) is 62.0 cm³/mol. The van der Waals surface area contributed by atoms with Crippen LogP contribution in [0.1, 0.15) is 10.4 Å². The fraction of sp³-hybridized carbons (Fsp3) is 0. The van der Waals surface area contributed by atoms with Crippen molar-refractivity contribution in [3.05, 3.63) is 45.4 Å². The van der Waals surface area contributed by atoms with E-state index in [4.69, 9.17) is 11.6 Å². The largest absolute Gasteiger partial charge is 0.298 e. The molecule has 0 saturated carbocycles. The number of hydrogen-bond donors (Lipinski definition) is 0. The fourth-order valence-electron chi connectivity index (χ4n) is 1.40. The lowest BCUT2D eigenvalue weighted by molar-refractivity contribution is 0.112. The van der Waals surface area contributed by atoms with Gasteiger partial charge in [0.2, 0.25) is 0 Å². The molecule has 3 heteroatoms. The van der Waals surface area contributed by atoms with Crippen LogP contribution in [0.5, 0.6) is 0 Å². The molecule has 0 aliphatic carbocycles. The minimum atomic E-state index is 0.505. The second-order valence-corrected chi connectivity index (χ2v) is 4.16. The highest BCUT2D eigenvalue weighted by molar-refractivity contribution is 9.10. The van der Waals surface area contributed by atoms with Crippen LogP contribution in [0.15, 0.2) is 34.8 Å². The van der Waals surface area contributed by atoms with Crippen LogP contribution in [-0.4, -0.2) is 6.29 Å². The van der Waals surface area contributed by atoms with Crippen LogP contribution in [0.3, 0.4) is 0 Å². The second kappa shape index (κ2) is 3.71. The Morgan fingerprint density at radius 2 is 2.00 bits per heavy atom. The number of benzene rings is 2. The van der Waals surface area contributed by atoms with Crippen LogP contribution < -0.4 is 0 Å². The van der Waals surface area contributed by atoms with Gasteiger partial charge in [0.1, 0.15) is 0 Å². The molecule has 2 rings (SSSR count). The first-order chi connectivity index (χ1) is 6.74. The molecular formula is C11H6BrClO. The molecule has 14 heavy (non-hydrogen) atoms. The Balaban J connectivity index is 2.93. The van der Waals surface area contributed by atoms with Crippen LogP contribution in [0.25, 0.3) is 10.8 Å². The Bertz CT molecular complexity index is 508. The number of hydrogen-bond acceptors (Lipinski definition) is 1. The van der Waals surface area contributed by atoms with Gasteiger partial charge in [0, 0.05) is 15.4 Å². The van der Waals surface area contributed by atoms with Gasteiger partial charge in [-0.25, -0.2) is 0 Å².